The highest BCUT2D eigenvalue weighted by atomic mass is 79.9. The first-order valence-electron chi connectivity index (χ1n) is 3.66. The largest absolute Gasteiger partial charge is 0.478 e. The molecule has 0 aliphatic carbocycles. The summed E-state index contributed by atoms with van der Waals surface area (Å²) in [5, 5.41) is 0. The fourth-order valence-electron chi connectivity index (χ4n) is 0.734. The van der Waals surface area contributed by atoms with Crippen LogP contribution in [0.3, 0.4) is 0 Å². The van der Waals surface area contributed by atoms with Crippen LogP contribution < -0.4 is 4.74 Å². The molecule has 0 bridgehead atoms. The number of nitrogens with zero attached hydrogens (tertiary/aromatic N) is 1. The lowest BCUT2D eigenvalue weighted by Gasteiger charge is -2.11. The molecule has 0 saturated carbocycles. The lowest BCUT2D eigenvalue weighted by Crippen LogP contribution is -2.11. The molecule has 0 atom stereocenters. The minimum absolute atomic E-state index is 0.0840. The van der Waals surface area contributed by atoms with Crippen molar-refractivity contribution in [2.24, 2.45) is 0 Å². The molecular formula is C8H12BrNO2. The van der Waals surface area contributed by atoms with Gasteiger partial charge < -0.3 is 9.15 Å². The molecule has 0 radical (unpaired) electrons. The highest BCUT2D eigenvalue weighted by Gasteiger charge is 2.23. The Balaban J connectivity index is 3.05. The molecule has 0 fully saturated rings. The summed E-state index contributed by atoms with van der Waals surface area (Å²) in [5.41, 5.74) is -0.0840. The smallest absolute Gasteiger partial charge is 0.268 e. The van der Waals surface area contributed by atoms with Gasteiger partial charge in [-0.3, -0.25) is 0 Å². The van der Waals surface area contributed by atoms with Gasteiger partial charge in [-0.1, -0.05) is 20.8 Å². The Morgan fingerprint density at radius 2 is 2.00 bits per heavy atom. The minimum atomic E-state index is -0.0840. The molecule has 3 nitrogen and oxygen atoms in total. The number of hydrogen-bond acceptors (Lipinski definition) is 3. The van der Waals surface area contributed by atoms with Crippen LogP contribution in [0.25, 0.3) is 0 Å². The minimum Gasteiger partial charge on any atom is -0.478 e. The number of aromatic nitrogens is 1. The Labute approximate surface area is 80.3 Å². The van der Waals surface area contributed by atoms with E-state index in [1.165, 1.54) is 0 Å². The standard InChI is InChI=1S/C8H12BrNO2/c1-8(2,3)7-10-6(11-4)5(9)12-7/h1-4H3. The van der Waals surface area contributed by atoms with Gasteiger partial charge in [0.05, 0.1) is 7.11 Å². The van der Waals surface area contributed by atoms with E-state index in [0.717, 1.165) is 0 Å². The van der Waals surface area contributed by atoms with Crippen molar-refractivity contribution in [3.05, 3.63) is 10.6 Å². The fraction of sp³-hybridized carbons (Fsp3) is 0.625. The van der Waals surface area contributed by atoms with Crippen molar-refractivity contribution in [1.29, 1.82) is 0 Å². The summed E-state index contributed by atoms with van der Waals surface area (Å²) in [6, 6.07) is 0. The number of rotatable bonds is 1. The van der Waals surface area contributed by atoms with Crippen LogP contribution in [0.4, 0.5) is 0 Å². The molecule has 68 valence electrons. The van der Waals surface area contributed by atoms with Crippen molar-refractivity contribution >= 4 is 15.9 Å². The molecule has 0 aliphatic rings. The lowest BCUT2D eigenvalue weighted by atomic mass is 9.97. The van der Waals surface area contributed by atoms with E-state index in [1.54, 1.807) is 7.11 Å². The van der Waals surface area contributed by atoms with Gasteiger partial charge in [0.2, 0.25) is 10.6 Å². The Morgan fingerprint density at radius 3 is 2.25 bits per heavy atom. The Hall–Kier alpha value is -0.510. The monoisotopic (exact) mass is 233 g/mol. The maximum atomic E-state index is 5.35. The summed E-state index contributed by atoms with van der Waals surface area (Å²) in [7, 11) is 1.56. The lowest BCUT2D eigenvalue weighted by molar-refractivity contribution is 0.376. The SMILES string of the molecule is COc1nc(C(C)(C)C)oc1Br. The molecular weight excluding hydrogens is 222 g/mol. The first-order valence-corrected chi connectivity index (χ1v) is 4.45. The zero-order valence-electron chi connectivity index (χ0n) is 7.64. The molecule has 0 aromatic carbocycles. The first kappa shape index (κ1) is 9.58. The molecule has 0 amide bonds. The molecule has 1 aromatic heterocycles. The summed E-state index contributed by atoms with van der Waals surface area (Å²) in [5.74, 6) is 1.17. The molecule has 12 heavy (non-hydrogen) atoms. The fourth-order valence-corrected chi connectivity index (χ4v) is 1.14. The van der Waals surface area contributed by atoms with Crippen molar-refractivity contribution in [2.75, 3.05) is 7.11 Å². The van der Waals surface area contributed by atoms with Gasteiger partial charge in [0.1, 0.15) is 0 Å². The van der Waals surface area contributed by atoms with Crippen LogP contribution in [0, 0.1) is 0 Å². The number of ether oxygens (including phenoxy) is 1. The van der Waals surface area contributed by atoms with E-state index in [1.807, 2.05) is 20.8 Å². The van der Waals surface area contributed by atoms with E-state index in [0.29, 0.717) is 16.4 Å². The second-order valence-corrected chi connectivity index (χ2v) is 4.27. The second kappa shape index (κ2) is 3.09. The number of halogens is 1. The molecule has 0 saturated heterocycles. The maximum absolute atomic E-state index is 5.35. The third-order valence-electron chi connectivity index (χ3n) is 1.39. The first-order chi connectivity index (χ1) is 5.45. The van der Waals surface area contributed by atoms with E-state index in [-0.39, 0.29) is 5.41 Å². The van der Waals surface area contributed by atoms with Gasteiger partial charge in [-0.15, -0.1) is 0 Å². The summed E-state index contributed by atoms with van der Waals surface area (Å²) >= 11 is 3.22. The molecule has 1 aromatic rings. The molecule has 0 spiro atoms. The Morgan fingerprint density at radius 1 is 1.42 bits per heavy atom. The van der Waals surface area contributed by atoms with Crippen molar-refractivity contribution in [2.45, 2.75) is 26.2 Å². The van der Waals surface area contributed by atoms with Crippen molar-refractivity contribution in [3.8, 4) is 5.88 Å². The average Bonchev–Trinajstić information content (AvgIpc) is 2.29. The third-order valence-corrected chi connectivity index (χ3v) is 1.89. The number of methoxy groups -OCH3 is 1. The summed E-state index contributed by atoms with van der Waals surface area (Å²) in [4.78, 5) is 4.16. The third kappa shape index (κ3) is 1.80. The van der Waals surface area contributed by atoms with Gasteiger partial charge in [-0.2, -0.15) is 4.98 Å². The Bertz CT molecular complexity index is 275. The highest BCUT2D eigenvalue weighted by molar-refractivity contribution is 9.10. The summed E-state index contributed by atoms with van der Waals surface area (Å²) < 4.78 is 10.9. The molecule has 0 N–H and O–H groups in total. The van der Waals surface area contributed by atoms with Crippen LogP contribution in [-0.4, -0.2) is 12.1 Å². The van der Waals surface area contributed by atoms with E-state index in [9.17, 15) is 0 Å². The van der Waals surface area contributed by atoms with Gasteiger partial charge in [-0.25, -0.2) is 0 Å². The van der Waals surface area contributed by atoms with Crippen molar-refractivity contribution < 1.29 is 9.15 Å². The predicted molar refractivity (Wildman–Crippen MR) is 49.5 cm³/mol. The predicted octanol–water partition coefficient (Wildman–Crippen LogP) is 2.74. The second-order valence-electron chi connectivity index (χ2n) is 3.55. The van der Waals surface area contributed by atoms with E-state index in [4.69, 9.17) is 9.15 Å². The molecule has 0 aliphatic heterocycles. The summed E-state index contributed by atoms with van der Waals surface area (Å²) in [6.07, 6.45) is 0. The van der Waals surface area contributed by atoms with Gasteiger partial charge >= 0.3 is 0 Å². The highest BCUT2D eigenvalue weighted by Crippen LogP contribution is 2.30. The van der Waals surface area contributed by atoms with E-state index in [2.05, 4.69) is 20.9 Å². The van der Waals surface area contributed by atoms with Crippen LogP contribution in [-0.2, 0) is 5.41 Å². The molecule has 1 rings (SSSR count). The number of hydrogen-bond donors (Lipinski definition) is 0. The zero-order valence-corrected chi connectivity index (χ0v) is 9.23. The van der Waals surface area contributed by atoms with E-state index < -0.39 is 0 Å². The van der Waals surface area contributed by atoms with Gasteiger partial charge in [0.25, 0.3) is 5.88 Å². The van der Waals surface area contributed by atoms with Crippen molar-refractivity contribution in [3.63, 3.8) is 0 Å². The normalized spacial score (nSPS) is 11.8. The van der Waals surface area contributed by atoms with Crippen LogP contribution in [0.5, 0.6) is 5.88 Å². The van der Waals surface area contributed by atoms with Crippen LogP contribution >= 0.6 is 15.9 Å². The Kier molecular flexibility index (Phi) is 2.46. The van der Waals surface area contributed by atoms with Gasteiger partial charge in [0.15, 0.2) is 0 Å². The molecule has 4 heteroatoms. The average molecular weight is 234 g/mol. The van der Waals surface area contributed by atoms with Crippen LogP contribution in [0.2, 0.25) is 0 Å². The van der Waals surface area contributed by atoms with Crippen molar-refractivity contribution in [1.82, 2.24) is 4.98 Å². The molecule has 1 heterocycles. The maximum Gasteiger partial charge on any atom is 0.268 e. The van der Waals surface area contributed by atoms with Crippen LogP contribution in [0.1, 0.15) is 26.7 Å². The van der Waals surface area contributed by atoms with Gasteiger partial charge in [0, 0.05) is 5.41 Å². The quantitative estimate of drug-likeness (QED) is 0.749. The van der Waals surface area contributed by atoms with Gasteiger partial charge in [-0.05, 0) is 15.9 Å². The van der Waals surface area contributed by atoms with E-state index >= 15 is 0 Å². The number of oxazole rings is 1. The topological polar surface area (TPSA) is 35.3 Å². The summed E-state index contributed by atoms with van der Waals surface area (Å²) in [6.45, 7) is 6.10. The molecule has 0 unspecified atom stereocenters. The van der Waals surface area contributed by atoms with Crippen LogP contribution in [0.15, 0.2) is 9.09 Å². The zero-order chi connectivity index (χ0) is 9.35.